The molecule has 1 fully saturated rings. The van der Waals surface area contributed by atoms with Gasteiger partial charge in [-0.05, 0) is 39.5 Å². The topological polar surface area (TPSA) is 89.8 Å². The summed E-state index contributed by atoms with van der Waals surface area (Å²) in [4.78, 5) is 12.9. The third kappa shape index (κ3) is 2.79. The first-order valence-corrected chi connectivity index (χ1v) is 9.86. The predicted molar refractivity (Wildman–Crippen MR) is 89.4 cm³/mol. The summed E-state index contributed by atoms with van der Waals surface area (Å²) in [6, 6.07) is 0.287. The quantitative estimate of drug-likeness (QED) is 0.918. The van der Waals surface area contributed by atoms with E-state index in [1.807, 2.05) is 11.5 Å². The minimum absolute atomic E-state index is 0.0774. The molecule has 7 nitrogen and oxygen atoms in total. The number of fused-ring (bicyclic) bond motifs is 1. The second-order valence-corrected chi connectivity index (χ2v) is 8.37. The second-order valence-electron chi connectivity index (χ2n) is 6.74. The second kappa shape index (κ2) is 5.54. The first kappa shape index (κ1) is 15.6. The van der Waals surface area contributed by atoms with E-state index < -0.39 is 10.0 Å². The lowest BCUT2D eigenvalue weighted by atomic mass is 10.1. The van der Waals surface area contributed by atoms with Crippen LogP contribution in [0, 0.1) is 6.92 Å². The smallest absolute Gasteiger partial charge is 0.281 e. The van der Waals surface area contributed by atoms with Crippen LogP contribution in [0.25, 0.3) is 0 Å². The van der Waals surface area contributed by atoms with E-state index in [1.165, 1.54) is 0 Å². The Morgan fingerprint density at radius 2 is 2.04 bits per heavy atom. The summed E-state index contributed by atoms with van der Waals surface area (Å²) in [6.07, 6.45) is 8.21. The Bertz CT molecular complexity index is 886. The van der Waals surface area contributed by atoms with Gasteiger partial charge in [0.25, 0.3) is 10.0 Å². The van der Waals surface area contributed by atoms with Gasteiger partial charge in [-0.2, -0.15) is 8.42 Å². The van der Waals surface area contributed by atoms with E-state index in [1.54, 1.807) is 12.4 Å². The number of anilines is 1. The van der Waals surface area contributed by atoms with E-state index in [2.05, 4.69) is 26.6 Å². The Labute approximate surface area is 141 Å². The molecule has 0 aromatic carbocycles. The van der Waals surface area contributed by atoms with Crippen molar-refractivity contribution in [3.05, 3.63) is 29.7 Å². The molecular weight excluding hydrogens is 326 g/mol. The number of imidazole rings is 1. The van der Waals surface area contributed by atoms with Gasteiger partial charge >= 0.3 is 0 Å². The highest BCUT2D eigenvalue weighted by Crippen LogP contribution is 2.42. The molecule has 128 valence electrons. The van der Waals surface area contributed by atoms with Crippen molar-refractivity contribution in [3.8, 4) is 0 Å². The van der Waals surface area contributed by atoms with Gasteiger partial charge in [-0.25, -0.2) is 15.0 Å². The molecule has 0 radical (unpaired) electrons. The maximum Gasteiger partial charge on any atom is 0.281 e. The molecule has 1 N–H and O–H groups in total. The van der Waals surface area contributed by atoms with E-state index in [-0.39, 0.29) is 11.1 Å². The van der Waals surface area contributed by atoms with Gasteiger partial charge in [-0.15, -0.1) is 0 Å². The molecule has 0 amide bonds. The largest absolute Gasteiger partial charge is 0.331 e. The number of sulfonamides is 1. The number of nitrogens with one attached hydrogen (secondary N) is 1. The molecule has 24 heavy (non-hydrogen) atoms. The lowest BCUT2D eigenvalue weighted by Gasteiger charge is -2.20. The van der Waals surface area contributed by atoms with Crippen LogP contribution in [0.15, 0.2) is 17.4 Å². The molecule has 1 atom stereocenters. The summed E-state index contributed by atoms with van der Waals surface area (Å²) in [5, 5.41) is 0.0774. The lowest BCUT2D eigenvalue weighted by Crippen LogP contribution is -2.16. The van der Waals surface area contributed by atoms with Gasteiger partial charge < -0.3 is 4.57 Å². The molecule has 1 unspecified atom stereocenters. The zero-order valence-corrected chi connectivity index (χ0v) is 14.7. The lowest BCUT2D eigenvalue weighted by molar-refractivity contribution is 0.425. The number of hydrogen-bond donors (Lipinski definition) is 1. The van der Waals surface area contributed by atoms with Gasteiger partial charge in [0.15, 0.2) is 5.03 Å². The molecule has 0 spiro atoms. The Hall–Kier alpha value is -1.96. The zero-order valence-electron chi connectivity index (χ0n) is 13.9. The van der Waals surface area contributed by atoms with Crippen LogP contribution in [-0.4, -0.2) is 27.9 Å². The molecule has 2 aromatic heterocycles. The van der Waals surface area contributed by atoms with Gasteiger partial charge in [-0.1, -0.05) is 0 Å². The van der Waals surface area contributed by atoms with Crippen LogP contribution < -0.4 is 4.72 Å². The molecule has 3 heterocycles. The highest BCUT2D eigenvalue weighted by atomic mass is 32.2. The van der Waals surface area contributed by atoms with Crippen LogP contribution in [0.1, 0.15) is 61.9 Å². The molecule has 1 aliphatic carbocycles. The van der Waals surface area contributed by atoms with Crippen molar-refractivity contribution in [2.75, 3.05) is 4.72 Å². The maximum absolute atomic E-state index is 12.8. The van der Waals surface area contributed by atoms with Crippen molar-refractivity contribution < 1.29 is 8.42 Å². The van der Waals surface area contributed by atoms with E-state index >= 15 is 0 Å². The van der Waals surface area contributed by atoms with Crippen molar-refractivity contribution in [1.29, 1.82) is 0 Å². The number of nitrogens with zero attached hydrogens (tertiary/aromatic N) is 4. The Morgan fingerprint density at radius 3 is 2.75 bits per heavy atom. The molecule has 1 aliphatic heterocycles. The molecule has 1 saturated carbocycles. The predicted octanol–water partition coefficient (Wildman–Crippen LogP) is 2.56. The van der Waals surface area contributed by atoms with Crippen LogP contribution >= 0.6 is 0 Å². The highest BCUT2D eigenvalue weighted by Gasteiger charge is 2.31. The minimum Gasteiger partial charge on any atom is -0.331 e. The van der Waals surface area contributed by atoms with Crippen LogP contribution in [0.2, 0.25) is 0 Å². The first-order chi connectivity index (χ1) is 11.4. The van der Waals surface area contributed by atoms with Gasteiger partial charge in [0, 0.05) is 24.6 Å². The number of aryl methyl sites for hydroxylation is 2. The van der Waals surface area contributed by atoms with E-state index in [4.69, 9.17) is 0 Å². The first-order valence-electron chi connectivity index (χ1n) is 8.38. The molecule has 8 heteroatoms. The fourth-order valence-corrected chi connectivity index (χ4v) is 4.26. The molecule has 4 rings (SSSR count). The minimum atomic E-state index is -3.73. The van der Waals surface area contributed by atoms with E-state index in [9.17, 15) is 8.42 Å². The summed E-state index contributed by atoms with van der Waals surface area (Å²) in [5.41, 5.74) is 1.27. The summed E-state index contributed by atoms with van der Waals surface area (Å²) < 4.78 is 30.2. The summed E-state index contributed by atoms with van der Waals surface area (Å²) >= 11 is 0. The Kier molecular flexibility index (Phi) is 3.59. The number of aromatic nitrogens is 4. The monoisotopic (exact) mass is 347 g/mol. The average Bonchev–Trinajstić information content (AvgIpc) is 3.27. The van der Waals surface area contributed by atoms with Gasteiger partial charge in [0.05, 0.1) is 17.6 Å². The molecule has 2 aromatic rings. The molecule has 2 aliphatic rings. The van der Waals surface area contributed by atoms with Crippen LogP contribution in [0.3, 0.4) is 0 Å². The normalized spacial score (nSPS) is 20.7. The van der Waals surface area contributed by atoms with Crippen molar-refractivity contribution in [3.63, 3.8) is 0 Å². The van der Waals surface area contributed by atoms with Crippen LogP contribution in [-0.2, 0) is 16.4 Å². The fourth-order valence-electron chi connectivity index (χ4n) is 3.23. The Balaban J connectivity index is 1.67. The van der Waals surface area contributed by atoms with Gasteiger partial charge in [0.1, 0.15) is 11.6 Å². The van der Waals surface area contributed by atoms with Crippen molar-refractivity contribution in [1.82, 2.24) is 19.5 Å². The average molecular weight is 347 g/mol. The van der Waals surface area contributed by atoms with Gasteiger partial charge in [0.2, 0.25) is 0 Å². The van der Waals surface area contributed by atoms with Crippen LogP contribution in [0.5, 0.6) is 0 Å². The molecule has 0 bridgehead atoms. The van der Waals surface area contributed by atoms with Crippen molar-refractivity contribution in [2.24, 2.45) is 0 Å². The third-order valence-corrected chi connectivity index (χ3v) is 5.94. The van der Waals surface area contributed by atoms with Crippen molar-refractivity contribution >= 4 is 15.7 Å². The van der Waals surface area contributed by atoms with Gasteiger partial charge in [-0.3, -0.25) is 4.72 Å². The molecular formula is C16H21N5O2S. The van der Waals surface area contributed by atoms with E-state index in [0.717, 1.165) is 43.6 Å². The Morgan fingerprint density at radius 1 is 1.25 bits per heavy atom. The standard InChI is InChI=1S/C16H21N5O2S/c1-10-4-3-5-14-19-15(9-21(10)14)24(22,23)20-13-8-17-11(2)18-16(13)12-6-7-12/h8-10,12,20H,3-7H2,1-2H3. The zero-order chi connectivity index (χ0) is 16.9. The summed E-state index contributed by atoms with van der Waals surface area (Å²) in [6.45, 7) is 3.90. The number of rotatable bonds is 4. The molecule has 0 saturated heterocycles. The highest BCUT2D eigenvalue weighted by molar-refractivity contribution is 7.92. The summed E-state index contributed by atoms with van der Waals surface area (Å²) in [5.74, 6) is 1.84. The van der Waals surface area contributed by atoms with Crippen molar-refractivity contribution in [2.45, 2.75) is 62.9 Å². The number of hydrogen-bond acceptors (Lipinski definition) is 5. The SMILES string of the molecule is Cc1ncc(NS(=O)(=O)c2cn3c(n2)CCCC3C)c(C2CC2)n1. The van der Waals surface area contributed by atoms with E-state index in [0.29, 0.717) is 17.4 Å². The third-order valence-electron chi connectivity index (χ3n) is 4.71. The maximum atomic E-state index is 12.8. The fraction of sp³-hybridized carbons (Fsp3) is 0.562. The summed E-state index contributed by atoms with van der Waals surface area (Å²) in [7, 11) is -3.73. The van der Waals surface area contributed by atoms with Crippen LogP contribution in [0.4, 0.5) is 5.69 Å².